The van der Waals surface area contributed by atoms with Crippen LogP contribution >= 0.6 is 11.8 Å². The molecule has 1 N–H and O–H groups in total. The van der Waals surface area contributed by atoms with Crippen LogP contribution in [0.2, 0.25) is 0 Å². The standard InChI is InChI=1S/C21H26N2O3S2/c1-23(2)28(25,26)20-8-3-5-16(13-20)15-27-12-11-21(24)22-19-10-9-17-6-4-7-18(17)14-19/h3,5,8-10,13-14H,4,6-7,11-12,15H2,1-2H3,(H,22,24). The number of thioether (sulfide) groups is 1. The first-order valence-electron chi connectivity index (χ1n) is 9.37. The van der Waals surface area contributed by atoms with Crippen LogP contribution in [0.4, 0.5) is 5.69 Å². The van der Waals surface area contributed by atoms with E-state index in [2.05, 4.69) is 17.4 Å². The van der Waals surface area contributed by atoms with Crippen molar-refractivity contribution in [2.75, 3.05) is 25.2 Å². The lowest BCUT2D eigenvalue weighted by atomic mass is 10.1. The van der Waals surface area contributed by atoms with E-state index in [4.69, 9.17) is 0 Å². The van der Waals surface area contributed by atoms with Crippen molar-refractivity contribution < 1.29 is 13.2 Å². The van der Waals surface area contributed by atoms with Gasteiger partial charge < -0.3 is 5.32 Å². The summed E-state index contributed by atoms with van der Waals surface area (Å²) in [6.45, 7) is 0. The number of sulfonamides is 1. The van der Waals surface area contributed by atoms with E-state index in [-0.39, 0.29) is 5.91 Å². The van der Waals surface area contributed by atoms with E-state index >= 15 is 0 Å². The van der Waals surface area contributed by atoms with Gasteiger partial charge in [-0.3, -0.25) is 4.79 Å². The molecule has 2 aromatic rings. The van der Waals surface area contributed by atoms with Gasteiger partial charge in [0, 0.05) is 37.7 Å². The number of fused-ring (bicyclic) bond motifs is 1. The highest BCUT2D eigenvalue weighted by atomic mass is 32.2. The van der Waals surface area contributed by atoms with Crippen molar-refractivity contribution in [3.63, 3.8) is 0 Å². The van der Waals surface area contributed by atoms with Gasteiger partial charge in [-0.05, 0) is 60.2 Å². The fourth-order valence-electron chi connectivity index (χ4n) is 3.23. The minimum absolute atomic E-state index is 0.00869. The number of rotatable bonds is 8. The minimum atomic E-state index is -3.42. The van der Waals surface area contributed by atoms with Crippen molar-refractivity contribution in [2.45, 2.75) is 36.3 Å². The van der Waals surface area contributed by atoms with E-state index in [1.807, 2.05) is 12.1 Å². The maximum atomic E-state index is 12.2. The molecule has 1 amide bonds. The predicted molar refractivity (Wildman–Crippen MR) is 115 cm³/mol. The lowest BCUT2D eigenvalue weighted by molar-refractivity contribution is -0.115. The molecule has 0 spiro atoms. The Morgan fingerprint density at radius 1 is 1.11 bits per heavy atom. The van der Waals surface area contributed by atoms with Gasteiger partial charge in [0.1, 0.15) is 0 Å². The number of nitrogens with zero attached hydrogens (tertiary/aromatic N) is 1. The Morgan fingerprint density at radius 3 is 2.68 bits per heavy atom. The topological polar surface area (TPSA) is 66.5 Å². The molecule has 5 nitrogen and oxygen atoms in total. The number of hydrogen-bond donors (Lipinski definition) is 1. The summed E-state index contributed by atoms with van der Waals surface area (Å²) >= 11 is 1.62. The van der Waals surface area contributed by atoms with Crippen molar-refractivity contribution in [1.29, 1.82) is 0 Å². The molecule has 150 valence electrons. The van der Waals surface area contributed by atoms with E-state index in [9.17, 15) is 13.2 Å². The summed E-state index contributed by atoms with van der Waals surface area (Å²) in [5.41, 5.74) is 4.55. The molecule has 0 unspecified atom stereocenters. The van der Waals surface area contributed by atoms with Gasteiger partial charge in [-0.1, -0.05) is 18.2 Å². The van der Waals surface area contributed by atoms with E-state index in [0.29, 0.717) is 22.8 Å². The Hall–Kier alpha value is -1.83. The predicted octanol–water partition coefficient (Wildman–Crippen LogP) is 3.69. The smallest absolute Gasteiger partial charge is 0.242 e. The molecule has 1 aliphatic rings. The molecule has 0 aliphatic heterocycles. The number of anilines is 1. The zero-order valence-electron chi connectivity index (χ0n) is 16.3. The SMILES string of the molecule is CN(C)S(=O)(=O)c1cccc(CSCCC(=O)Nc2ccc3c(c2)CCC3)c1. The van der Waals surface area contributed by atoms with Gasteiger partial charge >= 0.3 is 0 Å². The van der Waals surface area contributed by atoms with Crippen LogP contribution in [0.5, 0.6) is 0 Å². The average molecular weight is 419 g/mol. The van der Waals surface area contributed by atoms with Gasteiger partial charge in [0.15, 0.2) is 0 Å². The van der Waals surface area contributed by atoms with Crippen LogP contribution in [0.25, 0.3) is 0 Å². The molecule has 0 aromatic heterocycles. The molecule has 7 heteroatoms. The van der Waals surface area contributed by atoms with Crippen LogP contribution in [0.15, 0.2) is 47.4 Å². The molecule has 0 saturated heterocycles. The third-order valence-electron chi connectivity index (χ3n) is 4.80. The number of aryl methyl sites for hydroxylation is 2. The molecule has 2 aromatic carbocycles. The van der Waals surface area contributed by atoms with Crippen LogP contribution in [-0.2, 0) is 33.4 Å². The molecule has 0 heterocycles. The van der Waals surface area contributed by atoms with E-state index < -0.39 is 10.0 Å². The molecular weight excluding hydrogens is 392 g/mol. The second-order valence-corrected chi connectivity index (χ2v) is 10.4. The average Bonchev–Trinajstić information content (AvgIpc) is 3.13. The lowest BCUT2D eigenvalue weighted by Gasteiger charge is -2.12. The Balaban J connectivity index is 1.46. The molecule has 0 bridgehead atoms. The van der Waals surface area contributed by atoms with Gasteiger partial charge in [-0.15, -0.1) is 0 Å². The van der Waals surface area contributed by atoms with Gasteiger partial charge in [0.05, 0.1) is 4.90 Å². The quantitative estimate of drug-likeness (QED) is 0.664. The van der Waals surface area contributed by atoms with E-state index in [0.717, 1.165) is 24.1 Å². The lowest BCUT2D eigenvalue weighted by Crippen LogP contribution is -2.22. The fourth-order valence-corrected chi connectivity index (χ4v) is 5.10. The normalized spacial score (nSPS) is 13.5. The van der Waals surface area contributed by atoms with Crippen LogP contribution in [0, 0.1) is 0 Å². The third-order valence-corrected chi connectivity index (χ3v) is 7.64. The maximum Gasteiger partial charge on any atom is 0.242 e. The van der Waals surface area contributed by atoms with Crippen LogP contribution in [-0.4, -0.2) is 38.5 Å². The summed E-state index contributed by atoms with van der Waals surface area (Å²) in [6, 6.07) is 13.1. The Kier molecular flexibility index (Phi) is 6.80. The molecule has 28 heavy (non-hydrogen) atoms. The fraction of sp³-hybridized carbons (Fsp3) is 0.381. The molecule has 0 saturated carbocycles. The summed E-state index contributed by atoms with van der Waals surface area (Å²) in [5.74, 6) is 1.36. The number of carbonyl (C=O) groups excluding carboxylic acids is 1. The Morgan fingerprint density at radius 2 is 1.89 bits per heavy atom. The van der Waals surface area contributed by atoms with Crippen LogP contribution in [0.1, 0.15) is 29.5 Å². The monoisotopic (exact) mass is 418 g/mol. The van der Waals surface area contributed by atoms with Crippen LogP contribution in [0.3, 0.4) is 0 Å². The highest BCUT2D eigenvalue weighted by molar-refractivity contribution is 7.98. The summed E-state index contributed by atoms with van der Waals surface area (Å²) < 4.78 is 25.6. The number of amides is 1. The Bertz CT molecular complexity index is 956. The number of nitrogens with one attached hydrogen (secondary N) is 1. The first-order chi connectivity index (χ1) is 13.4. The van der Waals surface area contributed by atoms with Gasteiger partial charge in [0.25, 0.3) is 0 Å². The molecular formula is C21H26N2O3S2. The molecule has 0 fully saturated rings. The second-order valence-electron chi connectivity index (χ2n) is 7.12. The highest BCUT2D eigenvalue weighted by Crippen LogP contribution is 2.25. The maximum absolute atomic E-state index is 12.2. The zero-order valence-corrected chi connectivity index (χ0v) is 17.9. The first-order valence-corrected chi connectivity index (χ1v) is 12.0. The van der Waals surface area contributed by atoms with Gasteiger partial charge in [-0.25, -0.2) is 12.7 Å². The van der Waals surface area contributed by atoms with Crippen LogP contribution < -0.4 is 5.32 Å². The van der Waals surface area contributed by atoms with Crippen molar-refractivity contribution in [2.24, 2.45) is 0 Å². The van der Waals surface area contributed by atoms with Crippen molar-refractivity contribution in [3.8, 4) is 0 Å². The molecule has 3 rings (SSSR count). The zero-order chi connectivity index (χ0) is 20.1. The van der Waals surface area contributed by atoms with Crippen molar-refractivity contribution in [1.82, 2.24) is 4.31 Å². The number of carbonyl (C=O) groups is 1. The summed E-state index contributed by atoms with van der Waals surface area (Å²) in [4.78, 5) is 12.5. The van der Waals surface area contributed by atoms with Gasteiger partial charge in [-0.2, -0.15) is 11.8 Å². The second kappa shape index (κ2) is 9.11. The number of benzene rings is 2. The first kappa shape index (κ1) is 20.9. The van der Waals surface area contributed by atoms with E-state index in [1.165, 1.54) is 35.9 Å². The highest BCUT2D eigenvalue weighted by Gasteiger charge is 2.17. The summed E-state index contributed by atoms with van der Waals surface area (Å²) in [5, 5.41) is 2.97. The summed E-state index contributed by atoms with van der Waals surface area (Å²) in [6.07, 6.45) is 3.85. The van der Waals surface area contributed by atoms with E-state index in [1.54, 1.807) is 30.0 Å². The molecule has 0 radical (unpaired) electrons. The largest absolute Gasteiger partial charge is 0.326 e. The van der Waals surface area contributed by atoms with Crippen molar-refractivity contribution in [3.05, 3.63) is 59.2 Å². The third kappa shape index (κ3) is 5.16. The minimum Gasteiger partial charge on any atom is -0.326 e. The number of hydrogen-bond acceptors (Lipinski definition) is 4. The van der Waals surface area contributed by atoms with Crippen molar-refractivity contribution >= 4 is 33.4 Å². The molecule has 0 atom stereocenters. The summed E-state index contributed by atoms with van der Waals surface area (Å²) in [7, 11) is -0.374. The molecule has 1 aliphatic carbocycles. The van der Waals surface area contributed by atoms with Gasteiger partial charge in [0.2, 0.25) is 15.9 Å². The Labute approximate surface area is 171 Å².